The summed E-state index contributed by atoms with van der Waals surface area (Å²) >= 11 is 0. The van der Waals surface area contributed by atoms with Crippen LogP contribution in [0.2, 0.25) is 0 Å². The number of urea groups is 1. The summed E-state index contributed by atoms with van der Waals surface area (Å²) in [6.07, 6.45) is 4.69. The molecule has 0 spiro atoms. The molecule has 1 heterocycles. The molecule has 1 aromatic rings. The Morgan fingerprint density at radius 3 is 2.28 bits per heavy atom. The summed E-state index contributed by atoms with van der Waals surface area (Å²) < 4.78 is 6.23. The third-order valence-electron chi connectivity index (χ3n) is 5.08. The topological polar surface area (TPSA) is 75.9 Å². The molecule has 0 bridgehead atoms. The highest BCUT2D eigenvalue weighted by molar-refractivity contribution is 5.82. The van der Waals surface area contributed by atoms with Gasteiger partial charge in [0.05, 0.1) is 6.10 Å². The lowest BCUT2D eigenvalue weighted by Crippen LogP contribution is -2.41. The van der Waals surface area contributed by atoms with Gasteiger partial charge in [0, 0.05) is 26.2 Å². The highest BCUT2D eigenvalue weighted by Gasteiger charge is 2.31. The van der Waals surface area contributed by atoms with Crippen LogP contribution in [0.25, 0.3) is 0 Å². The number of nitrogens with zero attached hydrogens (tertiary/aromatic N) is 2. The predicted molar refractivity (Wildman–Crippen MR) is 94.9 cm³/mol. The Bertz CT molecular complexity index is 587. The van der Waals surface area contributed by atoms with Crippen molar-refractivity contribution in [3.63, 3.8) is 0 Å². The van der Waals surface area contributed by atoms with E-state index in [-0.39, 0.29) is 12.0 Å². The van der Waals surface area contributed by atoms with Crippen molar-refractivity contribution in [2.45, 2.75) is 44.3 Å². The first kappa shape index (κ1) is 17.7. The standard InChI is InChI=1S/C19H27N3O3/c20-19(24)22-12-6-11-21(13-14-22)18(23)17(15-7-2-1-3-8-15)25-16-9-4-5-10-16/h1-3,7-8,16-17H,4-6,9-14H2,(H2,20,24). The van der Waals surface area contributed by atoms with Crippen molar-refractivity contribution in [2.75, 3.05) is 26.2 Å². The van der Waals surface area contributed by atoms with Crippen LogP contribution in [0.1, 0.15) is 43.8 Å². The normalized spacial score (nSPS) is 20.3. The monoisotopic (exact) mass is 345 g/mol. The first-order valence-corrected chi connectivity index (χ1v) is 9.18. The maximum absolute atomic E-state index is 13.2. The van der Waals surface area contributed by atoms with Crippen molar-refractivity contribution >= 4 is 11.9 Å². The minimum Gasteiger partial charge on any atom is -0.360 e. The lowest BCUT2D eigenvalue weighted by atomic mass is 10.1. The highest BCUT2D eigenvalue weighted by Crippen LogP contribution is 2.29. The van der Waals surface area contributed by atoms with E-state index in [0.717, 1.165) is 37.7 Å². The number of benzene rings is 1. The van der Waals surface area contributed by atoms with Crippen LogP contribution in [0.5, 0.6) is 0 Å². The van der Waals surface area contributed by atoms with E-state index in [1.807, 2.05) is 35.2 Å². The van der Waals surface area contributed by atoms with Gasteiger partial charge >= 0.3 is 6.03 Å². The van der Waals surface area contributed by atoms with Gasteiger partial charge in [-0.05, 0) is 24.8 Å². The summed E-state index contributed by atoms with van der Waals surface area (Å²) in [7, 11) is 0. The van der Waals surface area contributed by atoms with E-state index >= 15 is 0 Å². The van der Waals surface area contributed by atoms with Crippen molar-refractivity contribution in [3.8, 4) is 0 Å². The zero-order valence-corrected chi connectivity index (χ0v) is 14.6. The maximum atomic E-state index is 13.2. The van der Waals surface area contributed by atoms with Crippen molar-refractivity contribution in [1.29, 1.82) is 0 Å². The van der Waals surface area contributed by atoms with Crippen molar-refractivity contribution in [2.24, 2.45) is 5.73 Å². The molecule has 0 aromatic heterocycles. The number of primary amides is 1. The van der Waals surface area contributed by atoms with Crippen LogP contribution < -0.4 is 5.73 Å². The Kier molecular flexibility index (Phi) is 5.91. The van der Waals surface area contributed by atoms with Gasteiger partial charge in [0.1, 0.15) is 0 Å². The number of hydrogen-bond acceptors (Lipinski definition) is 3. The first-order chi connectivity index (χ1) is 12.1. The third kappa shape index (κ3) is 4.51. The van der Waals surface area contributed by atoms with Gasteiger partial charge in [0.2, 0.25) is 0 Å². The van der Waals surface area contributed by atoms with Gasteiger partial charge in [0.25, 0.3) is 5.91 Å². The first-order valence-electron chi connectivity index (χ1n) is 9.18. The van der Waals surface area contributed by atoms with Crippen molar-refractivity contribution in [3.05, 3.63) is 35.9 Å². The van der Waals surface area contributed by atoms with Gasteiger partial charge in [-0.3, -0.25) is 4.79 Å². The van der Waals surface area contributed by atoms with Gasteiger partial charge in [-0.15, -0.1) is 0 Å². The minimum atomic E-state index is -0.565. The number of nitrogens with two attached hydrogens (primary N) is 1. The van der Waals surface area contributed by atoms with Crippen LogP contribution in [0.3, 0.4) is 0 Å². The molecule has 1 aliphatic carbocycles. The summed E-state index contributed by atoms with van der Waals surface area (Å²) in [5.74, 6) is -0.00980. The zero-order valence-electron chi connectivity index (χ0n) is 14.6. The molecule has 1 saturated heterocycles. The van der Waals surface area contributed by atoms with Crippen LogP contribution >= 0.6 is 0 Å². The molecular formula is C19H27N3O3. The second-order valence-electron chi connectivity index (χ2n) is 6.84. The number of carbonyl (C=O) groups is 2. The van der Waals surface area contributed by atoms with Gasteiger partial charge in [-0.25, -0.2) is 4.79 Å². The second-order valence-corrected chi connectivity index (χ2v) is 6.84. The Balaban J connectivity index is 1.73. The maximum Gasteiger partial charge on any atom is 0.314 e. The van der Waals surface area contributed by atoms with Gasteiger partial charge in [-0.1, -0.05) is 43.2 Å². The lowest BCUT2D eigenvalue weighted by Gasteiger charge is -2.28. The molecule has 2 N–H and O–H groups in total. The summed E-state index contributed by atoms with van der Waals surface area (Å²) in [5.41, 5.74) is 6.28. The Labute approximate surface area is 148 Å². The van der Waals surface area contributed by atoms with Crippen LogP contribution in [0.15, 0.2) is 30.3 Å². The van der Waals surface area contributed by atoms with E-state index in [2.05, 4.69) is 0 Å². The van der Waals surface area contributed by atoms with E-state index in [9.17, 15) is 9.59 Å². The van der Waals surface area contributed by atoms with Gasteiger partial charge in [-0.2, -0.15) is 0 Å². The molecule has 6 nitrogen and oxygen atoms in total. The third-order valence-corrected chi connectivity index (χ3v) is 5.08. The quantitative estimate of drug-likeness (QED) is 0.910. The largest absolute Gasteiger partial charge is 0.360 e. The number of ether oxygens (including phenoxy) is 1. The summed E-state index contributed by atoms with van der Waals surface area (Å²) in [6.45, 7) is 2.20. The van der Waals surface area contributed by atoms with Crippen LogP contribution in [-0.2, 0) is 9.53 Å². The molecule has 6 heteroatoms. The highest BCUT2D eigenvalue weighted by atomic mass is 16.5. The number of amides is 3. The van der Waals surface area contributed by atoms with Crippen LogP contribution in [0, 0.1) is 0 Å². The smallest absolute Gasteiger partial charge is 0.314 e. The van der Waals surface area contributed by atoms with Gasteiger partial charge in [0.15, 0.2) is 6.10 Å². The Morgan fingerprint density at radius 2 is 1.60 bits per heavy atom. The zero-order chi connectivity index (χ0) is 17.6. The average molecular weight is 345 g/mol. The molecule has 0 radical (unpaired) electrons. The predicted octanol–water partition coefficient (Wildman–Crippen LogP) is 2.30. The SMILES string of the molecule is NC(=O)N1CCCN(C(=O)C(OC2CCCC2)c2ccccc2)CC1. The Hall–Kier alpha value is -2.08. The van der Waals surface area contributed by atoms with Gasteiger partial charge < -0.3 is 20.3 Å². The number of hydrogen-bond donors (Lipinski definition) is 1. The van der Waals surface area contributed by atoms with Crippen LogP contribution in [0.4, 0.5) is 4.79 Å². The molecule has 1 unspecified atom stereocenters. The van der Waals surface area contributed by atoms with Crippen LogP contribution in [-0.4, -0.2) is 54.0 Å². The average Bonchev–Trinajstić information content (AvgIpc) is 3.01. The summed E-state index contributed by atoms with van der Waals surface area (Å²) in [5, 5.41) is 0. The van der Waals surface area contributed by atoms with E-state index < -0.39 is 12.1 Å². The molecule has 3 rings (SSSR count). The molecular weight excluding hydrogens is 318 g/mol. The molecule has 1 aromatic carbocycles. The van der Waals surface area contributed by atoms with E-state index in [4.69, 9.17) is 10.5 Å². The molecule has 2 fully saturated rings. The molecule has 1 saturated carbocycles. The van der Waals surface area contributed by atoms with E-state index in [1.54, 1.807) is 4.90 Å². The fraction of sp³-hybridized carbons (Fsp3) is 0.579. The second kappa shape index (κ2) is 8.34. The molecule has 25 heavy (non-hydrogen) atoms. The molecule has 1 atom stereocenters. The van der Waals surface area contributed by atoms with E-state index in [1.165, 1.54) is 0 Å². The Morgan fingerprint density at radius 1 is 0.960 bits per heavy atom. The van der Waals surface area contributed by atoms with E-state index in [0.29, 0.717) is 26.2 Å². The fourth-order valence-corrected chi connectivity index (χ4v) is 3.65. The summed E-state index contributed by atoms with van der Waals surface area (Å²) in [6, 6.07) is 9.29. The lowest BCUT2D eigenvalue weighted by molar-refractivity contribution is -0.148. The molecule has 136 valence electrons. The minimum absolute atomic E-state index is 0.00980. The fourth-order valence-electron chi connectivity index (χ4n) is 3.65. The summed E-state index contributed by atoms with van der Waals surface area (Å²) in [4.78, 5) is 28.0. The molecule has 2 aliphatic rings. The number of carbonyl (C=O) groups excluding carboxylic acids is 2. The molecule has 1 aliphatic heterocycles. The number of rotatable bonds is 4. The molecule has 3 amide bonds. The van der Waals surface area contributed by atoms with Crippen molar-refractivity contribution in [1.82, 2.24) is 9.80 Å². The van der Waals surface area contributed by atoms with Crippen molar-refractivity contribution < 1.29 is 14.3 Å².